The Balaban J connectivity index is 3.67. The summed E-state index contributed by atoms with van der Waals surface area (Å²) < 4.78 is 0. The van der Waals surface area contributed by atoms with E-state index in [0.29, 0.717) is 32.1 Å². The Morgan fingerprint density at radius 1 is 0.450 bits per heavy atom. The molecule has 7 atom stereocenters. The number of rotatable bonds is 10. The van der Waals surface area contributed by atoms with Gasteiger partial charge in [-0.05, 0) is 48.9 Å². The first-order valence-corrected chi connectivity index (χ1v) is 15.1. The predicted molar refractivity (Wildman–Crippen MR) is 157 cm³/mol. The van der Waals surface area contributed by atoms with E-state index < -0.39 is 59.7 Å². The summed E-state index contributed by atoms with van der Waals surface area (Å²) in [4.78, 5) is 67.7. The van der Waals surface area contributed by atoms with Gasteiger partial charge in [0.05, 0.1) is 0 Å². The third kappa shape index (κ3) is 11.1. The molecule has 5 N–H and O–H groups in total. The van der Waals surface area contributed by atoms with Crippen LogP contribution in [-0.4, -0.2) is 59.7 Å². The van der Waals surface area contributed by atoms with Crippen molar-refractivity contribution in [1.29, 1.82) is 0 Å². The van der Waals surface area contributed by atoms with Crippen molar-refractivity contribution >= 4 is 29.5 Å². The van der Waals surface area contributed by atoms with Gasteiger partial charge in [-0.2, -0.15) is 0 Å². The topological polar surface area (TPSA) is 146 Å². The van der Waals surface area contributed by atoms with E-state index in [0.717, 1.165) is 0 Å². The zero-order chi connectivity index (χ0) is 30.7. The lowest BCUT2D eigenvalue weighted by atomic mass is 9.95. The second-order valence-electron chi connectivity index (χ2n) is 12.8. The van der Waals surface area contributed by atoms with Gasteiger partial charge in [-0.1, -0.05) is 82.1 Å². The summed E-state index contributed by atoms with van der Waals surface area (Å²) in [7, 11) is 0. The molecule has 1 heterocycles. The molecule has 1 aliphatic rings. The van der Waals surface area contributed by atoms with Gasteiger partial charge in [0.1, 0.15) is 30.2 Å². The van der Waals surface area contributed by atoms with Crippen LogP contribution in [0.4, 0.5) is 0 Å². The van der Waals surface area contributed by atoms with Crippen molar-refractivity contribution in [2.24, 2.45) is 29.6 Å². The van der Waals surface area contributed by atoms with Crippen LogP contribution in [0.1, 0.15) is 101 Å². The quantitative estimate of drug-likeness (QED) is 0.277. The molecule has 10 nitrogen and oxygen atoms in total. The van der Waals surface area contributed by atoms with Crippen LogP contribution in [0.5, 0.6) is 0 Å². The normalized spacial score (nSPS) is 27.2. The van der Waals surface area contributed by atoms with Crippen molar-refractivity contribution in [3.05, 3.63) is 0 Å². The molecule has 0 bridgehead atoms. The molecule has 1 fully saturated rings. The van der Waals surface area contributed by atoms with E-state index in [9.17, 15) is 24.0 Å². The summed E-state index contributed by atoms with van der Waals surface area (Å²) in [5, 5.41) is 14.3. The highest BCUT2D eigenvalue weighted by Crippen LogP contribution is 2.16. The Hall–Kier alpha value is -2.65. The molecular weight excluding hydrogens is 510 g/mol. The third-order valence-corrected chi connectivity index (χ3v) is 7.61. The molecule has 0 saturated carbocycles. The molecule has 1 rings (SSSR count). The van der Waals surface area contributed by atoms with Crippen molar-refractivity contribution in [2.75, 3.05) is 0 Å². The maximum absolute atomic E-state index is 13.6. The summed E-state index contributed by atoms with van der Waals surface area (Å²) in [6.45, 7) is 19.3. The first-order chi connectivity index (χ1) is 18.6. The van der Waals surface area contributed by atoms with Crippen molar-refractivity contribution in [1.82, 2.24) is 26.6 Å². The van der Waals surface area contributed by atoms with E-state index in [-0.39, 0.29) is 29.6 Å². The predicted octanol–water partition coefficient (Wildman–Crippen LogP) is 2.65. The molecule has 0 radical (unpaired) electrons. The number of hydrogen-bond donors (Lipinski definition) is 5. The average molecular weight is 566 g/mol. The summed E-state index contributed by atoms with van der Waals surface area (Å²) in [5.41, 5.74) is 0. The second kappa shape index (κ2) is 16.6. The van der Waals surface area contributed by atoms with Crippen molar-refractivity contribution in [3.8, 4) is 0 Å². The average Bonchev–Trinajstić information content (AvgIpc) is 2.86. The molecule has 5 amide bonds. The standard InChI is InChI=1S/C30H55N5O5/c1-11-19(9)24-29(39)32-21(13-16(3)4)26(36)31-22(14-17(5)6)27(37)34-25(20(10)12-2)30(40)33-23(15-18(7)8)28(38)35-24/h16-25H,11-15H2,1-10H3,(H,31,36)(H,32,39)(H,33,40)(H,34,37)(H,35,38)/t19-,20-,21-,22-,23+,24+,25+/m0/s1. The van der Waals surface area contributed by atoms with Crippen LogP contribution < -0.4 is 26.6 Å². The number of carbonyl (C=O) groups excluding carboxylic acids is 5. The monoisotopic (exact) mass is 565 g/mol. The van der Waals surface area contributed by atoms with Crippen LogP contribution >= 0.6 is 0 Å². The van der Waals surface area contributed by atoms with Crippen LogP contribution in [0.2, 0.25) is 0 Å². The van der Waals surface area contributed by atoms with Crippen LogP contribution in [-0.2, 0) is 24.0 Å². The van der Waals surface area contributed by atoms with Gasteiger partial charge in [-0.3, -0.25) is 24.0 Å². The largest absolute Gasteiger partial charge is 0.343 e. The van der Waals surface area contributed by atoms with Crippen LogP contribution in [0, 0.1) is 29.6 Å². The molecule has 0 aromatic heterocycles. The first kappa shape index (κ1) is 35.4. The number of nitrogens with one attached hydrogen (secondary N) is 5. The van der Waals surface area contributed by atoms with Crippen LogP contribution in [0.3, 0.4) is 0 Å². The molecular formula is C30H55N5O5. The highest BCUT2D eigenvalue weighted by atomic mass is 16.2. The van der Waals surface area contributed by atoms with Crippen molar-refractivity contribution in [2.45, 2.75) is 132 Å². The highest BCUT2D eigenvalue weighted by Gasteiger charge is 2.37. The lowest BCUT2D eigenvalue weighted by Crippen LogP contribution is -2.59. The van der Waals surface area contributed by atoms with E-state index in [2.05, 4.69) is 26.6 Å². The van der Waals surface area contributed by atoms with E-state index in [1.807, 2.05) is 69.2 Å². The van der Waals surface area contributed by atoms with Gasteiger partial charge in [-0.25, -0.2) is 0 Å². The van der Waals surface area contributed by atoms with Crippen molar-refractivity contribution < 1.29 is 24.0 Å². The molecule has 230 valence electrons. The van der Waals surface area contributed by atoms with Gasteiger partial charge in [0, 0.05) is 0 Å². The molecule has 1 aliphatic heterocycles. The first-order valence-electron chi connectivity index (χ1n) is 15.1. The minimum Gasteiger partial charge on any atom is -0.343 e. The zero-order valence-corrected chi connectivity index (χ0v) is 26.4. The third-order valence-electron chi connectivity index (χ3n) is 7.61. The molecule has 0 spiro atoms. The maximum Gasteiger partial charge on any atom is 0.243 e. The Labute approximate surface area is 241 Å². The molecule has 0 aromatic carbocycles. The highest BCUT2D eigenvalue weighted by molar-refractivity contribution is 5.98. The van der Waals surface area contributed by atoms with Crippen molar-refractivity contribution in [3.63, 3.8) is 0 Å². The Kier molecular flexibility index (Phi) is 14.7. The van der Waals surface area contributed by atoms with Gasteiger partial charge < -0.3 is 26.6 Å². The number of amides is 5. The van der Waals surface area contributed by atoms with Gasteiger partial charge in [0.2, 0.25) is 29.5 Å². The van der Waals surface area contributed by atoms with E-state index in [4.69, 9.17) is 0 Å². The second-order valence-corrected chi connectivity index (χ2v) is 12.8. The molecule has 0 aliphatic carbocycles. The zero-order valence-electron chi connectivity index (χ0n) is 26.4. The fourth-order valence-corrected chi connectivity index (χ4v) is 4.82. The Morgan fingerprint density at radius 2 is 0.700 bits per heavy atom. The maximum atomic E-state index is 13.6. The van der Waals surface area contributed by atoms with Crippen LogP contribution in [0.15, 0.2) is 0 Å². The van der Waals surface area contributed by atoms with E-state index in [1.165, 1.54) is 0 Å². The lowest BCUT2D eigenvalue weighted by Gasteiger charge is -2.30. The SMILES string of the molecule is CC[C@H](C)[C@H]1NC(=O)[C@H](CC(C)C)NC(=O)[C@H](CC(C)C)NC(=O)[C@@H]([C@@H](C)CC)NC(=O)[C@@H](CC(C)C)NC1=O. The van der Waals surface area contributed by atoms with Gasteiger partial charge >= 0.3 is 0 Å². The minimum atomic E-state index is -0.895. The van der Waals surface area contributed by atoms with Crippen LogP contribution in [0.25, 0.3) is 0 Å². The molecule has 40 heavy (non-hydrogen) atoms. The van der Waals surface area contributed by atoms with E-state index in [1.54, 1.807) is 0 Å². The number of hydrogen-bond acceptors (Lipinski definition) is 5. The Morgan fingerprint density at radius 3 is 0.950 bits per heavy atom. The summed E-state index contributed by atoms with van der Waals surface area (Å²) >= 11 is 0. The number of carbonyl (C=O) groups is 5. The van der Waals surface area contributed by atoms with E-state index >= 15 is 0 Å². The Bertz CT molecular complexity index is 859. The summed E-state index contributed by atoms with van der Waals surface area (Å²) in [6, 6.07) is -4.46. The molecule has 1 saturated heterocycles. The minimum absolute atomic E-state index is 0.0818. The summed E-state index contributed by atoms with van der Waals surface area (Å²) in [6.07, 6.45) is 2.32. The summed E-state index contributed by atoms with van der Waals surface area (Å²) in [5.74, 6) is -2.51. The molecule has 0 unspecified atom stereocenters. The van der Waals surface area contributed by atoms with Gasteiger partial charge in [0.15, 0.2) is 0 Å². The molecule has 10 heteroatoms. The molecule has 0 aromatic rings. The van der Waals surface area contributed by atoms with Gasteiger partial charge in [-0.15, -0.1) is 0 Å². The fraction of sp³-hybridized carbons (Fsp3) is 0.833. The smallest absolute Gasteiger partial charge is 0.243 e. The fourth-order valence-electron chi connectivity index (χ4n) is 4.82. The lowest BCUT2D eigenvalue weighted by molar-refractivity contribution is -0.135. The van der Waals surface area contributed by atoms with Gasteiger partial charge in [0.25, 0.3) is 0 Å².